The van der Waals surface area contributed by atoms with Crippen molar-refractivity contribution in [2.45, 2.75) is 107 Å². The molecule has 0 saturated heterocycles. The van der Waals surface area contributed by atoms with Crippen molar-refractivity contribution in [2.24, 2.45) is 17.8 Å². The summed E-state index contributed by atoms with van der Waals surface area (Å²) in [7, 11) is 3.36. The molecule has 0 aliphatic carbocycles. The van der Waals surface area contributed by atoms with Crippen LogP contribution in [0.5, 0.6) is 0 Å². The molecule has 0 bridgehead atoms. The minimum atomic E-state index is -2.77. The van der Waals surface area contributed by atoms with Crippen molar-refractivity contribution in [2.75, 3.05) is 47.8 Å². The van der Waals surface area contributed by atoms with Crippen LogP contribution in [0.4, 0.5) is 0 Å². The molecular formula is C27H62NO5P. The molecule has 6 nitrogen and oxygen atoms in total. The van der Waals surface area contributed by atoms with Crippen LogP contribution in [0.25, 0.3) is 0 Å². The number of rotatable bonds is 15. The Balaban J connectivity index is -0.000000122. The first-order valence-electron chi connectivity index (χ1n) is 13.2. The Labute approximate surface area is 215 Å². The highest BCUT2D eigenvalue weighted by atomic mass is 31.2. The lowest BCUT2D eigenvalue weighted by Gasteiger charge is -2.15. The second-order valence-corrected chi connectivity index (χ2v) is 10.6. The molecule has 0 aromatic carbocycles. The van der Waals surface area contributed by atoms with Gasteiger partial charge in [0.2, 0.25) is 0 Å². The normalized spacial score (nSPS) is 10.9. The number of ether oxygens (including phenoxy) is 2. The average molecular weight is 512 g/mol. The Morgan fingerprint density at radius 2 is 1.21 bits per heavy atom. The van der Waals surface area contributed by atoms with E-state index in [-0.39, 0.29) is 0 Å². The van der Waals surface area contributed by atoms with E-state index in [2.05, 4.69) is 39.4 Å². The number of unbranched alkanes of at least 4 members (excludes halogenated alkanes) is 3. The van der Waals surface area contributed by atoms with Crippen LogP contribution in [0, 0.1) is 29.1 Å². The van der Waals surface area contributed by atoms with Gasteiger partial charge in [-0.2, -0.15) is 5.26 Å². The quantitative estimate of drug-likeness (QED) is 0.161. The summed E-state index contributed by atoms with van der Waals surface area (Å²) in [6.45, 7) is 20.9. The van der Waals surface area contributed by atoms with E-state index in [0.29, 0.717) is 19.2 Å². The molecule has 0 aromatic heterocycles. The predicted molar refractivity (Wildman–Crippen MR) is 150 cm³/mol. The van der Waals surface area contributed by atoms with Crippen LogP contribution in [0.2, 0.25) is 0 Å². The highest BCUT2D eigenvalue weighted by Gasteiger charge is 2.19. The fourth-order valence-corrected chi connectivity index (χ4v) is 3.36. The second-order valence-electron chi connectivity index (χ2n) is 8.20. The molecule has 0 rings (SSSR count). The highest BCUT2D eigenvalue weighted by Crippen LogP contribution is 2.47. The van der Waals surface area contributed by atoms with Gasteiger partial charge in [0, 0.05) is 35.0 Å². The molecule has 0 fully saturated rings. The van der Waals surface area contributed by atoms with Gasteiger partial charge >= 0.3 is 7.60 Å². The zero-order valence-electron chi connectivity index (χ0n) is 25.2. The monoisotopic (exact) mass is 511 g/mol. The Kier molecular flexibility index (Phi) is 47.6. The fraction of sp³-hybridized carbons (Fsp3) is 0.963. The third kappa shape index (κ3) is 41.8. The van der Waals surface area contributed by atoms with Gasteiger partial charge in [-0.1, -0.05) is 88.0 Å². The maximum atomic E-state index is 11.6. The van der Waals surface area contributed by atoms with E-state index in [1.54, 1.807) is 14.2 Å². The van der Waals surface area contributed by atoms with Crippen molar-refractivity contribution in [1.82, 2.24) is 0 Å². The summed E-state index contributed by atoms with van der Waals surface area (Å²) in [6, 6.07) is 1.94. The Morgan fingerprint density at radius 1 is 0.735 bits per heavy atom. The van der Waals surface area contributed by atoms with Gasteiger partial charge in [0.05, 0.1) is 25.3 Å². The van der Waals surface area contributed by atoms with Crippen LogP contribution in [0.3, 0.4) is 0 Å². The second kappa shape index (κ2) is 37.1. The summed E-state index contributed by atoms with van der Waals surface area (Å²) in [5.41, 5.74) is 0. The number of nitrogens with zero attached hydrogens (tertiary/aromatic N) is 1. The number of hydrogen-bond donors (Lipinski definition) is 0. The standard InChI is InChI=1S/C10H22.C9H21O4P.C4H7NO.2C2H6/c1-8(2)6-7-10(5)9(3)4;1-11-8-6-4-5-7-9-14(10,12-2)13-3;1-6-4-2-3-5;2*1-2/h8-10H,6-7H2,1-5H3;4-9H2,1-3H3;2,4H2,1H3;2*1-2H3. The zero-order valence-corrected chi connectivity index (χ0v) is 26.1. The molecule has 34 heavy (non-hydrogen) atoms. The molecule has 210 valence electrons. The van der Waals surface area contributed by atoms with Gasteiger partial charge in [0.25, 0.3) is 0 Å². The summed E-state index contributed by atoms with van der Waals surface area (Å²) < 4.78 is 30.7. The van der Waals surface area contributed by atoms with E-state index in [9.17, 15) is 4.57 Å². The summed E-state index contributed by atoms with van der Waals surface area (Å²) in [5, 5.41) is 7.87. The Morgan fingerprint density at radius 3 is 1.53 bits per heavy atom. The van der Waals surface area contributed by atoms with Gasteiger partial charge in [0.15, 0.2) is 0 Å². The first kappa shape index (κ1) is 43.6. The molecule has 0 aliphatic heterocycles. The van der Waals surface area contributed by atoms with E-state index < -0.39 is 7.60 Å². The van der Waals surface area contributed by atoms with Crippen molar-refractivity contribution in [3.63, 3.8) is 0 Å². The van der Waals surface area contributed by atoms with Gasteiger partial charge < -0.3 is 18.5 Å². The number of nitriles is 1. The highest BCUT2D eigenvalue weighted by molar-refractivity contribution is 7.53. The van der Waals surface area contributed by atoms with Crippen molar-refractivity contribution >= 4 is 7.60 Å². The van der Waals surface area contributed by atoms with Gasteiger partial charge in [0.1, 0.15) is 0 Å². The van der Waals surface area contributed by atoms with Crippen molar-refractivity contribution < 1.29 is 23.1 Å². The molecule has 7 heteroatoms. The van der Waals surface area contributed by atoms with E-state index in [0.717, 1.165) is 50.0 Å². The lowest BCUT2D eigenvalue weighted by molar-refractivity contribution is 0.192. The smallest absolute Gasteiger partial charge is 0.330 e. The Hall–Kier alpha value is -0.440. The molecule has 1 atom stereocenters. The maximum Gasteiger partial charge on any atom is 0.330 e. The third-order valence-electron chi connectivity index (χ3n) is 4.84. The molecule has 0 radical (unpaired) electrons. The molecule has 0 heterocycles. The topological polar surface area (TPSA) is 77.8 Å². The van der Waals surface area contributed by atoms with Crippen LogP contribution in [0.15, 0.2) is 0 Å². The molecule has 0 aromatic rings. The van der Waals surface area contributed by atoms with E-state index in [1.807, 2.05) is 33.8 Å². The summed E-state index contributed by atoms with van der Waals surface area (Å²) in [6.07, 6.45) is 7.86. The summed E-state index contributed by atoms with van der Waals surface area (Å²) >= 11 is 0. The van der Waals surface area contributed by atoms with Gasteiger partial charge in [-0.25, -0.2) is 0 Å². The molecular weight excluding hydrogens is 449 g/mol. The minimum Gasteiger partial charge on any atom is -0.385 e. The Bertz CT molecular complexity index is 418. The molecule has 0 amide bonds. The van der Waals surface area contributed by atoms with Crippen molar-refractivity contribution in [1.29, 1.82) is 5.26 Å². The lowest BCUT2D eigenvalue weighted by atomic mass is 9.91. The maximum absolute atomic E-state index is 11.6. The minimum absolute atomic E-state index is 0.497. The molecule has 0 spiro atoms. The third-order valence-corrected chi connectivity index (χ3v) is 6.82. The van der Waals surface area contributed by atoms with E-state index >= 15 is 0 Å². The van der Waals surface area contributed by atoms with Crippen LogP contribution < -0.4 is 0 Å². The number of methoxy groups -OCH3 is 2. The van der Waals surface area contributed by atoms with E-state index in [4.69, 9.17) is 19.0 Å². The van der Waals surface area contributed by atoms with Crippen LogP contribution in [-0.2, 0) is 23.1 Å². The molecule has 1 unspecified atom stereocenters. The largest absolute Gasteiger partial charge is 0.385 e. The van der Waals surface area contributed by atoms with Crippen LogP contribution >= 0.6 is 7.60 Å². The summed E-state index contributed by atoms with van der Waals surface area (Å²) in [4.78, 5) is 0. The molecule has 0 saturated carbocycles. The van der Waals surface area contributed by atoms with Gasteiger partial charge in [-0.3, -0.25) is 4.57 Å². The molecule has 0 N–H and O–H groups in total. The average Bonchev–Trinajstić information content (AvgIpc) is 2.86. The van der Waals surface area contributed by atoms with E-state index in [1.165, 1.54) is 27.1 Å². The first-order valence-corrected chi connectivity index (χ1v) is 14.9. The van der Waals surface area contributed by atoms with Crippen LogP contribution in [-0.4, -0.2) is 47.8 Å². The zero-order chi connectivity index (χ0) is 27.8. The first-order chi connectivity index (χ1) is 16.1. The van der Waals surface area contributed by atoms with Gasteiger partial charge in [-0.15, -0.1) is 0 Å². The lowest BCUT2D eigenvalue weighted by Crippen LogP contribution is -2.04. The van der Waals surface area contributed by atoms with Crippen molar-refractivity contribution in [3.8, 4) is 6.07 Å². The molecule has 0 aliphatic rings. The summed E-state index contributed by atoms with van der Waals surface area (Å²) in [5.74, 6) is 2.64. The van der Waals surface area contributed by atoms with Crippen LogP contribution in [0.1, 0.15) is 107 Å². The van der Waals surface area contributed by atoms with Gasteiger partial charge in [-0.05, 0) is 30.6 Å². The van der Waals surface area contributed by atoms with Crippen molar-refractivity contribution in [3.05, 3.63) is 0 Å². The fourth-order valence-electron chi connectivity index (χ4n) is 2.24. The predicted octanol–water partition coefficient (Wildman–Crippen LogP) is 8.99. The number of hydrogen-bond acceptors (Lipinski definition) is 6. The SMILES string of the molecule is CC.CC.CC(C)CCC(C)C(C)C.COCCC#N.COCCCCCCP(=O)(OC)OC.